The van der Waals surface area contributed by atoms with Crippen LogP contribution >= 0.6 is 0 Å². The van der Waals surface area contributed by atoms with Crippen molar-refractivity contribution in [2.75, 3.05) is 19.6 Å². The van der Waals surface area contributed by atoms with Gasteiger partial charge in [-0.25, -0.2) is 0 Å². The fraction of sp³-hybridized carbons (Fsp3) is 0.562. The number of amides is 1. The van der Waals surface area contributed by atoms with Crippen LogP contribution in [0.5, 0.6) is 0 Å². The summed E-state index contributed by atoms with van der Waals surface area (Å²) in [6.07, 6.45) is 2.20. The quantitative estimate of drug-likeness (QED) is 0.849. The predicted octanol–water partition coefficient (Wildman–Crippen LogP) is 1.13. The van der Waals surface area contributed by atoms with Crippen LogP contribution in [0.4, 0.5) is 0 Å². The van der Waals surface area contributed by atoms with Gasteiger partial charge in [0.1, 0.15) is 0 Å². The third kappa shape index (κ3) is 2.86. The first-order valence-electron chi connectivity index (χ1n) is 7.49. The Kier molecular flexibility index (Phi) is 3.76. The molecule has 1 atom stereocenters. The molecule has 108 valence electrons. The molecule has 1 unspecified atom stereocenters. The molecule has 3 rings (SSSR count). The summed E-state index contributed by atoms with van der Waals surface area (Å²) < 4.78 is 0. The smallest absolute Gasteiger partial charge is 0.236 e. The van der Waals surface area contributed by atoms with Crippen molar-refractivity contribution >= 4 is 5.91 Å². The molecule has 2 N–H and O–H groups in total. The van der Waals surface area contributed by atoms with Crippen LogP contribution in [0.15, 0.2) is 30.3 Å². The largest absolute Gasteiger partial charge is 0.353 e. The molecule has 1 aromatic rings. The molecule has 0 aromatic heterocycles. The second-order valence-electron chi connectivity index (χ2n) is 6.13. The SMILES string of the molecule is CC1NC2(CCN(Cc3ccccc3)CC2)CNC1=O. The number of piperazine rings is 1. The maximum Gasteiger partial charge on any atom is 0.236 e. The fourth-order valence-electron chi connectivity index (χ4n) is 3.29. The first kappa shape index (κ1) is 13.6. The summed E-state index contributed by atoms with van der Waals surface area (Å²) in [5.41, 5.74) is 1.49. The molecule has 4 nitrogen and oxygen atoms in total. The second kappa shape index (κ2) is 5.54. The summed E-state index contributed by atoms with van der Waals surface area (Å²) in [5, 5.41) is 6.56. The van der Waals surface area contributed by atoms with Crippen LogP contribution in [0, 0.1) is 0 Å². The van der Waals surface area contributed by atoms with Crippen LogP contribution in [0.2, 0.25) is 0 Å². The van der Waals surface area contributed by atoms with Gasteiger partial charge in [-0.2, -0.15) is 0 Å². The Morgan fingerprint density at radius 1 is 1.25 bits per heavy atom. The molecule has 2 aliphatic rings. The van der Waals surface area contributed by atoms with E-state index in [1.165, 1.54) is 5.56 Å². The van der Waals surface area contributed by atoms with Crippen molar-refractivity contribution < 1.29 is 4.79 Å². The molecule has 20 heavy (non-hydrogen) atoms. The van der Waals surface area contributed by atoms with Crippen LogP contribution in [0.1, 0.15) is 25.3 Å². The number of carbonyl (C=O) groups is 1. The molecule has 4 heteroatoms. The van der Waals surface area contributed by atoms with Gasteiger partial charge in [0.2, 0.25) is 5.91 Å². The van der Waals surface area contributed by atoms with E-state index in [-0.39, 0.29) is 17.5 Å². The molecule has 0 bridgehead atoms. The Morgan fingerprint density at radius 3 is 2.60 bits per heavy atom. The van der Waals surface area contributed by atoms with Gasteiger partial charge in [-0.3, -0.25) is 15.0 Å². The van der Waals surface area contributed by atoms with Crippen molar-refractivity contribution in [3.63, 3.8) is 0 Å². The number of hydrogen-bond acceptors (Lipinski definition) is 3. The normalized spacial score (nSPS) is 26.4. The minimum atomic E-state index is -0.0653. The topological polar surface area (TPSA) is 44.4 Å². The van der Waals surface area contributed by atoms with Crippen LogP contribution in [0.25, 0.3) is 0 Å². The lowest BCUT2D eigenvalue weighted by molar-refractivity contribution is -0.126. The van der Waals surface area contributed by atoms with Crippen molar-refractivity contribution in [3.8, 4) is 0 Å². The van der Waals surface area contributed by atoms with Gasteiger partial charge in [0, 0.05) is 31.7 Å². The molecule has 1 amide bonds. The number of hydrogen-bond donors (Lipinski definition) is 2. The van der Waals surface area contributed by atoms with Gasteiger partial charge in [0.05, 0.1) is 6.04 Å². The zero-order valence-corrected chi connectivity index (χ0v) is 12.1. The summed E-state index contributed by atoms with van der Waals surface area (Å²) in [7, 11) is 0. The Balaban J connectivity index is 1.56. The maximum absolute atomic E-state index is 11.5. The summed E-state index contributed by atoms with van der Waals surface area (Å²) >= 11 is 0. The molecule has 0 aliphatic carbocycles. The molecule has 1 aromatic carbocycles. The first-order chi connectivity index (χ1) is 9.67. The van der Waals surface area contributed by atoms with Crippen molar-refractivity contribution in [2.24, 2.45) is 0 Å². The van der Waals surface area contributed by atoms with Gasteiger partial charge in [-0.15, -0.1) is 0 Å². The van der Waals surface area contributed by atoms with E-state index in [2.05, 4.69) is 45.9 Å². The monoisotopic (exact) mass is 273 g/mol. The molecular formula is C16H23N3O. The van der Waals surface area contributed by atoms with Crippen LogP contribution in [-0.4, -0.2) is 42.0 Å². The van der Waals surface area contributed by atoms with E-state index in [9.17, 15) is 4.79 Å². The molecule has 0 saturated carbocycles. The lowest BCUT2D eigenvalue weighted by atomic mass is 9.84. The number of piperidine rings is 1. The van der Waals surface area contributed by atoms with E-state index in [4.69, 9.17) is 0 Å². The summed E-state index contributed by atoms with van der Waals surface area (Å²) in [5.74, 6) is 0.127. The Labute approximate surface area is 120 Å². The highest BCUT2D eigenvalue weighted by Gasteiger charge is 2.39. The summed E-state index contributed by atoms with van der Waals surface area (Å²) in [6, 6.07) is 10.6. The maximum atomic E-state index is 11.5. The van der Waals surface area contributed by atoms with Gasteiger partial charge >= 0.3 is 0 Å². The second-order valence-corrected chi connectivity index (χ2v) is 6.13. The van der Waals surface area contributed by atoms with Crippen LogP contribution < -0.4 is 10.6 Å². The minimum Gasteiger partial charge on any atom is -0.353 e. The van der Waals surface area contributed by atoms with E-state index in [0.717, 1.165) is 39.0 Å². The lowest BCUT2D eigenvalue weighted by Gasteiger charge is -2.46. The molecule has 0 radical (unpaired) electrons. The van der Waals surface area contributed by atoms with E-state index in [1.54, 1.807) is 0 Å². The number of likely N-dealkylation sites (tertiary alicyclic amines) is 1. The first-order valence-corrected chi connectivity index (χ1v) is 7.49. The number of nitrogens with zero attached hydrogens (tertiary/aromatic N) is 1. The molecule has 2 aliphatic heterocycles. The van der Waals surface area contributed by atoms with Gasteiger partial charge in [0.25, 0.3) is 0 Å². The minimum absolute atomic E-state index is 0.0653. The fourth-order valence-corrected chi connectivity index (χ4v) is 3.29. The van der Waals surface area contributed by atoms with E-state index < -0.39 is 0 Å². The van der Waals surface area contributed by atoms with Crippen molar-refractivity contribution in [1.29, 1.82) is 0 Å². The van der Waals surface area contributed by atoms with Crippen molar-refractivity contribution in [2.45, 2.75) is 37.9 Å². The summed E-state index contributed by atoms with van der Waals surface area (Å²) in [6.45, 7) is 5.93. The average molecular weight is 273 g/mol. The predicted molar refractivity (Wildman–Crippen MR) is 79.3 cm³/mol. The third-order valence-corrected chi connectivity index (χ3v) is 4.58. The Morgan fingerprint density at radius 2 is 1.95 bits per heavy atom. The highest BCUT2D eigenvalue weighted by Crippen LogP contribution is 2.25. The van der Waals surface area contributed by atoms with Crippen LogP contribution in [0.3, 0.4) is 0 Å². The zero-order chi connectivity index (χ0) is 14.0. The van der Waals surface area contributed by atoms with E-state index >= 15 is 0 Å². The van der Waals surface area contributed by atoms with Gasteiger partial charge in [-0.1, -0.05) is 30.3 Å². The molecule has 2 saturated heterocycles. The third-order valence-electron chi connectivity index (χ3n) is 4.58. The molecule has 2 heterocycles. The highest BCUT2D eigenvalue weighted by molar-refractivity contribution is 5.82. The number of nitrogens with one attached hydrogen (secondary N) is 2. The Bertz CT molecular complexity index is 466. The number of benzene rings is 1. The average Bonchev–Trinajstić information content (AvgIpc) is 2.47. The number of carbonyl (C=O) groups excluding carboxylic acids is 1. The molecule has 1 spiro atoms. The van der Waals surface area contributed by atoms with Gasteiger partial charge < -0.3 is 5.32 Å². The van der Waals surface area contributed by atoms with Gasteiger partial charge in [0.15, 0.2) is 0 Å². The number of rotatable bonds is 2. The molecule has 2 fully saturated rings. The summed E-state index contributed by atoms with van der Waals surface area (Å²) in [4.78, 5) is 14.0. The highest BCUT2D eigenvalue weighted by atomic mass is 16.2. The van der Waals surface area contributed by atoms with E-state index in [0.29, 0.717) is 0 Å². The molecular weight excluding hydrogens is 250 g/mol. The van der Waals surface area contributed by atoms with Gasteiger partial charge in [-0.05, 0) is 25.3 Å². The van der Waals surface area contributed by atoms with Crippen molar-refractivity contribution in [1.82, 2.24) is 15.5 Å². The standard InChI is InChI=1S/C16H23N3O/c1-13-15(20)17-12-16(18-13)7-9-19(10-8-16)11-14-5-3-2-4-6-14/h2-6,13,18H,7-12H2,1H3,(H,17,20). The van der Waals surface area contributed by atoms with Crippen molar-refractivity contribution in [3.05, 3.63) is 35.9 Å². The Hall–Kier alpha value is -1.39. The van der Waals surface area contributed by atoms with Crippen LogP contribution in [-0.2, 0) is 11.3 Å². The zero-order valence-electron chi connectivity index (χ0n) is 12.1. The van der Waals surface area contributed by atoms with E-state index in [1.807, 2.05) is 6.92 Å². The lowest BCUT2D eigenvalue weighted by Crippen LogP contribution is -2.68.